The maximum absolute atomic E-state index is 11.3. The Morgan fingerprint density at radius 1 is 1.09 bits per heavy atom. The summed E-state index contributed by atoms with van der Waals surface area (Å²) in [5.41, 5.74) is 4.55. The lowest BCUT2D eigenvalue weighted by molar-refractivity contribution is -0.131. The number of carbonyl (C=O) groups is 2. The van der Waals surface area contributed by atoms with Gasteiger partial charge < -0.3 is 0 Å². The molecule has 7 nitrogen and oxygen atoms in total. The van der Waals surface area contributed by atoms with Crippen LogP contribution < -0.4 is 11.0 Å². The monoisotopic (exact) mass is 345 g/mol. The highest BCUT2D eigenvalue weighted by Crippen LogP contribution is 2.29. The van der Waals surface area contributed by atoms with Crippen LogP contribution in [0.1, 0.15) is 12.8 Å². The van der Waals surface area contributed by atoms with E-state index in [1.54, 1.807) is 18.0 Å². The Kier molecular flexibility index (Phi) is 9.64. The van der Waals surface area contributed by atoms with E-state index in [-0.39, 0.29) is 11.8 Å². The minimum atomic E-state index is -0.170. The van der Waals surface area contributed by atoms with E-state index in [1.807, 2.05) is 12.1 Å². The summed E-state index contributed by atoms with van der Waals surface area (Å²) in [6, 6.07) is 3.79. The van der Waals surface area contributed by atoms with Crippen molar-refractivity contribution in [2.45, 2.75) is 22.8 Å². The number of hydroxylamine groups is 2. The van der Waals surface area contributed by atoms with Gasteiger partial charge in [0.2, 0.25) is 11.8 Å². The molecule has 0 atom stereocenters. The molecule has 0 aromatic carbocycles. The van der Waals surface area contributed by atoms with E-state index in [4.69, 9.17) is 0 Å². The molecule has 2 N–H and O–H groups in total. The molecule has 0 fully saturated rings. The third-order valence-corrected chi connectivity index (χ3v) is 4.51. The van der Waals surface area contributed by atoms with Crippen molar-refractivity contribution < 1.29 is 19.3 Å². The van der Waals surface area contributed by atoms with Crippen molar-refractivity contribution in [1.82, 2.24) is 15.9 Å². The number of hydrogen-bond acceptors (Lipinski definition) is 7. The molecule has 9 heteroatoms. The zero-order valence-corrected chi connectivity index (χ0v) is 14.1. The van der Waals surface area contributed by atoms with Gasteiger partial charge in [-0.2, -0.15) is 0 Å². The van der Waals surface area contributed by atoms with Crippen molar-refractivity contribution in [2.75, 3.05) is 25.7 Å². The SMILES string of the molecule is CONC(=O)CCSc1cccnc1SCCC(=O)NOC. The predicted octanol–water partition coefficient (Wildman–Crippen LogP) is 1.40. The van der Waals surface area contributed by atoms with Crippen LogP contribution in [0.5, 0.6) is 0 Å². The number of carbonyl (C=O) groups excluding carboxylic acids is 2. The number of nitrogens with zero attached hydrogens (tertiary/aromatic N) is 1. The molecule has 1 rings (SSSR count). The maximum Gasteiger partial charge on any atom is 0.244 e. The molecule has 22 heavy (non-hydrogen) atoms. The third kappa shape index (κ3) is 7.64. The molecule has 0 bridgehead atoms. The molecule has 0 spiro atoms. The van der Waals surface area contributed by atoms with Gasteiger partial charge in [0, 0.05) is 35.4 Å². The second kappa shape index (κ2) is 11.3. The lowest BCUT2D eigenvalue weighted by Crippen LogP contribution is -2.22. The van der Waals surface area contributed by atoms with Crippen molar-refractivity contribution in [2.24, 2.45) is 0 Å². The third-order valence-electron chi connectivity index (χ3n) is 2.32. The number of rotatable bonds is 10. The van der Waals surface area contributed by atoms with E-state index in [9.17, 15) is 9.59 Å². The van der Waals surface area contributed by atoms with Gasteiger partial charge in [0.1, 0.15) is 5.03 Å². The van der Waals surface area contributed by atoms with Crippen LogP contribution in [0.4, 0.5) is 0 Å². The van der Waals surface area contributed by atoms with Gasteiger partial charge >= 0.3 is 0 Å². The van der Waals surface area contributed by atoms with Crippen LogP contribution in [0.3, 0.4) is 0 Å². The van der Waals surface area contributed by atoms with Gasteiger partial charge in [-0.15, -0.1) is 23.5 Å². The average Bonchev–Trinajstić information content (AvgIpc) is 2.49. The fourth-order valence-corrected chi connectivity index (χ4v) is 3.46. The van der Waals surface area contributed by atoms with E-state index in [1.165, 1.54) is 26.0 Å². The zero-order valence-electron chi connectivity index (χ0n) is 12.5. The topological polar surface area (TPSA) is 89.5 Å². The summed E-state index contributed by atoms with van der Waals surface area (Å²) in [6.45, 7) is 0. The summed E-state index contributed by atoms with van der Waals surface area (Å²) in [5.74, 6) is 0.892. The molecule has 1 aromatic rings. The van der Waals surface area contributed by atoms with Gasteiger partial charge in [-0.05, 0) is 12.1 Å². The van der Waals surface area contributed by atoms with Crippen LogP contribution in [0.15, 0.2) is 28.3 Å². The Hall–Kier alpha value is -1.29. The number of thioether (sulfide) groups is 2. The van der Waals surface area contributed by atoms with Crippen molar-refractivity contribution in [3.63, 3.8) is 0 Å². The summed E-state index contributed by atoms with van der Waals surface area (Å²) in [5, 5.41) is 0.852. The molecular weight excluding hydrogens is 326 g/mol. The van der Waals surface area contributed by atoms with Crippen molar-refractivity contribution in [1.29, 1.82) is 0 Å². The fourth-order valence-electron chi connectivity index (χ4n) is 1.42. The van der Waals surface area contributed by atoms with Gasteiger partial charge in [-0.25, -0.2) is 15.9 Å². The van der Waals surface area contributed by atoms with E-state index in [2.05, 4.69) is 25.6 Å². The van der Waals surface area contributed by atoms with Crippen molar-refractivity contribution >= 4 is 35.3 Å². The van der Waals surface area contributed by atoms with Crippen LogP contribution in [0.2, 0.25) is 0 Å². The number of amides is 2. The van der Waals surface area contributed by atoms with Crippen LogP contribution >= 0.6 is 23.5 Å². The molecule has 1 heterocycles. The summed E-state index contributed by atoms with van der Waals surface area (Å²) < 4.78 is 0. The number of pyridine rings is 1. The Morgan fingerprint density at radius 3 is 2.27 bits per heavy atom. The van der Waals surface area contributed by atoms with Gasteiger partial charge in [0.05, 0.1) is 14.2 Å². The fraction of sp³-hybridized carbons (Fsp3) is 0.462. The van der Waals surface area contributed by atoms with Crippen LogP contribution in [0.25, 0.3) is 0 Å². The lowest BCUT2D eigenvalue weighted by atomic mass is 10.5. The highest BCUT2D eigenvalue weighted by molar-refractivity contribution is 8.02. The molecule has 0 saturated heterocycles. The Bertz CT molecular complexity index is 445. The quantitative estimate of drug-likeness (QED) is 0.489. The van der Waals surface area contributed by atoms with E-state index in [0.29, 0.717) is 24.3 Å². The maximum atomic E-state index is 11.3. The second-order valence-electron chi connectivity index (χ2n) is 3.96. The predicted molar refractivity (Wildman–Crippen MR) is 85.2 cm³/mol. The smallest absolute Gasteiger partial charge is 0.244 e. The molecule has 0 aliphatic rings. The van der Waals surface area contributed by atoms with E-state index in [0.717, 1.165) is 9.92 Å². The van der Waals surface area contributed by atoms with Crippen molar-refractivity contribution in [3.05, 3.63) is 18.3 Å². The number of nitrogens with one attached hydrogen (secondary N) is 2. The Balaban J connectivity index is 2.41. The highest BCUT2D eigenvalue weighted by Gasteiger charge is 2.08. The zero-order chi connectivity index (χ0) is 16.2. The largest absolute Gasteiger partial charge is 0.277 e. The number of hydrogen-bond donors (Lipinski definition) is 2. The summed E-state index contributed by atoms with van der Waals surface area (Å²) in [7, 11) is 2.80. The van der Waals surface area contributed by atoms with Crippen LogP contribution in [-0.2, 0) is 19.3 Å². The molecule has 0 aliphatic carbocycles. The lowest BCUT2D eigenvalue weighted by Gasteiger charge is -2.07. The van der Waals surface area contributed by atoms with Crippen LogP contribution in [0, 0.1) is 0 Å². The molecule has 2 amide bonds. The minimum absolute atomic E-state index is 0.163. The molecule has 1 aromatic heterocycles. The molecule has 0 unspecified atom stereocenters. The Morgan fingerprint density at radius 2 is 1.68 bits per heavy atom. The van der Waals surface area contributed by atoms with Gasteiger partial charge in [-0.1, -0.05) is 0 Å². The molecule has 0 radical (unpaired) electrons. The number of aromatic nitrogens is 1. The highest BCUT2D eigenvalue weighted by atomic mass is 32.2. The van der Waals surface area contributed by atoms with Gasteiger partial charge in [-0.3, -0.25) is 19.3 Å². The first-order valence-electron chi connectivity index (χ1n) is 6.51. The average molecular weight is 345 g/mol. The Labute approximate surface area is 137 Å². The standard InChI is InChI=1S/C13H19N3O4S2/c1-19-15-11(17)5-8-21-10-4-3-7-14-13(10)22-9-6-12(18)16-20-2/h3-4,7H,5-6,8-9H2,1-2H3,(H,15,17)(H,16,18). The van der Waals surface area contributed by atoms with Crippen LogP contribution in [-0.4, -0.2) is 42.5 Å². The molecule has 122 valence electrons. The second-order valence-corrected chi connectivity index (χ2v) is 6.18. The molecular formula is C13H19N3O4S2. The van der Waals surface area contributed by atoms with Crippen molar-refractivity contribution in [3.8, 4) is 0 Å². The first-order valence-corrected chi connectivity index (χ1v) is 8.48. The summed E-state index contributed by atoms with van der Waals surface area (Å²) >= 11 is 3.04. The summed E-state index contributed by atoms with van der Waals surface area (Å²) in [4.78, 5) is 37.0. The van der Waals surface area contributed by atoms with Gasteiger partial charge in [0.15, 0.2) is 0 Å². The normalized spacial score (nSPS) is 10.3. The van der Waals surface area contributed by atoms with E-state index >= 15 is 0 Å². The first kappa shape index (κ1) is 18.8. The first-order chi connectivity index (χ1) is 10.7. The van der Waals surface area contributed by atoms with E-state index < -0.39 is 0 Å². The minimum Gasteiger partial charge on any atom is -0.277 e. The molecule has 0 saturated carbocycles. The summed E-state index contributed by atoms with van der Waals surface area (Å²) in [6.07, 6.45) is 2.41. The van der Waals surface area contributed by atoms with Gasteiger partial charge in [0.25, 0.3) is 0 Å². The molecule has 0 aliphatic heterocycles.